The van der Waals surface area contributed by atoms with E-state index in [0.29, 0.717) is 11.7 Å². The standard InChI is InChI=1S/C10H18O/c1-8(7-9(2)11)10-5-3-4-6-10/h8,10H,3-7H2,1-2H3. The van der Waals surface area contributed by atoms with Gasteiger partial charge in [0.2, 0.25) is 0 Å². The fourth-order valence-electron chi connectivity index (χ4n) is 2.15. The van der Waals surface area contributed by atoms with Gasteiger partial charge < -0.3 is 4.79 Å². The van der Waals surface area contributed by atoms with E-state index in [2.05, 4.69) is 6.92 Å². The van der Waals surface area contributed by atoms with Gasteiger partial charge in [0.05, 0.1) is 0 Å². The Balaban J connectivity index is 2.28. The Hall–Kier alpha value is -0.330. The summed E-state index contributed by atoms with van der Waals surface area (Å²) >= 11 is 0. The van der Waals surface area contributed by atoms with Crippen LogP contribution >= 0.6 is 0 Å². The van der Waals surface area contributed by atoms with E-state index in [9.17, 15) is 4.79 Å². The molecule has 0 aromatic carbocycles. The van der Waals surface area contributed by atoms with Crippen LogP contribution in [-0.2, 0) is 4.79 Å². The Bertz CT molecular complexity index is 134. The molecule has 11 heavy (non-hydrogen) atoms. The molecule has 1 rings (SSSR count). The Morgan fingerprint density at radius 3 is 2.45 bits per heavy atom. The summed E-state index contributed by atoms with van der Waals surface area (Å²) in [5.74, 6) is 1.83. The van der Waals surface area contributed by atoms with Crippen LogP contribution < -0.4 is 0 Å². The summed E-state index contributed by atoms with van der Waals surface area (Å²) in [7, 11) is 0. The van der Waals surface area contributed by atoms with Gasteiger partial charge in [-0.25, -0.2) is 0 Å². The second-order valence-corrected chi connectivity index (χ2v) is 3.93. The van der Waals surface area contributed by atoms with Crippen LogP contribution in [0, 0.1) is 11.8 Å². The number of carbonyl (C=O) groups excluding carboxylic acids is 1. The normalized spacial score (nSPS) is 22.0. The van der Waals surface area contributed by atoms with Gasteiger partial charge in [0.25, 0.3) is 0 Å². The van der Waals surface area contributed by atoms with Crippen molar-refractivity contribution in [1.82, 2.24) is 0 Å². The smallest absolute Gasteiger partial charge is 0.130 e. The van der Waals surface area contributed by atoms with Crippen molar-refractivity contribution >= 4 is 5.78 Å². The van der Waals surface area contributed by atoms with Crippen molar-refractivity contribution in [1.29, 1.82) is 0 Å². The van der Waals surface area contributed by atoms with Crippen LogP contribution in [0.1, 0.15) is 46.0 Å². The molecule has 0 radical (unpaired) electrons. The molecule has 1 atom stereocenters. The van der Waals surface area contributed by atoms with Crippen molar-refractivity contribution in [3.8, 4) is 0 Å². The van der Waals surface area contributed by atoms with Gasteiger partial charge >= 0.3 is 0 Å². The SMILES string of the molecule is CC(=O)CC(C)C1CCCC1. The van der Waals surface area contributed by atoms with Gasteiger partial charge in [0, 0.05) is 6.42 Å². The first-order valence-electron chi connectivity index (χ1n) is 4.69. The van der Waals surface area contributed by atoms with Crippen molar-refractivity contribution in [2.24, 2.45) is 11.8 Å². The van der Waals surface area contributed by atoms with E-state index in [1.807, 2.05) is 0 Å². The van der Waals surface area contributed by atoms with Crippen LogP contribution in [0.3, 0.4) is 0 Å². The van der Waals surface area contributed by atoms with Crippen LogP contribution in [0.4, 0.5) is 0 Å². The summed E-state index contributed by atoms with van der Waals surface area (Å²) in [5, 5.41) is 0. The lowest BCUT2D eigenvalue weighted by molar-refractivity contribution is -0.118. The molecule has 0 N–H and O–H groups in total. The molecule has 0 aromatic heterocycles. The third-order valence-electron chi connectivity index (χ3n) is 2.81. The van der Waals surface area contributed by atoms with E-state index >= 15 is 0 Å². The molecule has 0 saturated heterocycles. The van der Waals surface area contributed by atoms with E-state index < -0.39 is 0 Å². The molecule has 1 nitrogen and oxygen atoms in total. The molecule has 0 heterocycles. The number of hydrogen-bond donors (Lipinski definition) is 0. The van der Waals surface area contributed by atoms with Gasteiger partial charge in [-0.1, -0.05) is 32.6 Å². The van der Waals surface area contributed by atoms with Crippen molar-refractivity contribution in [3.63, 3.8) is 0 Å². The highest BCUT2D eigenvalue weighted by molar-refractivity contribution is 5.75. The average Bonchev–Trinajstić information content (AvgIpc) is 2.35. The maximum atomic E-state index is 10.8. The number of ketones is 1. The fourth-order valence-corrected chi connectivity index (χ4v) is 2.15. The summed E-state index contributed by atoms with van der Waals surface area (Å²) in [5.41, 5.74) is 0. The largest absolute Gasteiger partial charge is 0.300 e. The predicted octanol–water partition coefficient (Wildman–Crippen LogP) is 2.79. The number of rotatable bonds is 3. The molecule has 1 aliphatic rings. The summed E-state index contributed by atoms with van der Waals surface area (Å²) in [6.45, 7) is 3.92. The lowest BCUT2D eigenvalue weighted by atomic mass is 9.89. The van der Waals surface area contributed by atoms with Gasteiger partial charge in [0.1, 0.15) is 5.78 Å². The fraction of sp³-hybridized carbons (Fsp3) is 0.900. The minimum atomic E-state index is 0.351. The highest BCUT2D eigenvalue weighted by Gasteiger charge is 2.21. The summed E-state index contributed by atoms with van der Waals surface area (Å²) in [6.07, 6.45) is 6.27. The molecule has 1 unspecified atom stereocenters. The number of carbonyl (C=O) groups is 1. The van der Waals surface area contributed by atoms with Crippen molar-refractivity contribution in [3.05, 3.63) is 0 Å². The van der Waals surface area contributed by atoms with Crippen LogP contribution in [0.25, 0.3) is 0 Å². The van der Waals surface area contributed by atoms with Crippen molar-refractivity contribution in [2.45, 2.75) is 46.0 Å². The number of Topliss-reactive ketones (excluding diaryl/α,β-unsaturated/α-hetero) is 1. The summed E-state index contributed by atoms with van der Waals surface area (Å²) in [6, 6.07) is 0. The molecule has 0 bridgehead atoms. The molecule has 0 spiro atoms. The minimum absolute atomic E-state index is 0.351. The Morgan fingerprint density at radius 2 is 2.00 bits per heavy atom. The Labute approximate surface area is 69.2 Å². The third-order valence-corrected chi connectivity index (χ3v) is 2.81. The zero-order valence-electron chi connectivity index (χ0n) is 7.60. The maximum Gasteiger partial charge on any atom is 0.130 e. The van der Waals surface area contributed by atoms with Crippen LogP contribution in [0.15, 0.2) is 0 Å². The van der Waals surface area contributed by atoms with E-state index in [0.717, 1.165) is 12.3 Å². The average molecular weight is 154 g/mol. The lowest BCUT2D eigenvalue weighted by Crippen LogP contribution is -2.11. The van der Waals surface area contributed by atoms with Crippen LogP contribution in [0.5, 0.6) is 0 Å². The molecule has 1 saturated carbocycles. The van der Waals surface area contributed by atoms with E-state index in [1.54, 1.807) is 6.92 Å². The van der Waals surface area contributed by atoms with E-state index in [4.69, 9.17) is 0 Å². The highest BCUT2D eigenvalue weighted by atomic mass is 16.1. The second-order valence-electron chi connectivity index (χ2n) is 3.93. The molecule has 0 aromatic rings. The van der Waals surface area contributed by atoms with Crippen molar-refractivity contribution in [2.75, 3.05) is 0 Å². The molecular formula is C10H18O. The Kier molecular flexibility index (Phi) is 3.10. The first-order chi connectivity index (χ1) is 5.20. The minimum Gasteiger partial charge on any atom is -0.300 e. The topological polar surface area (TPSA) is 17.1 Å². The zero-order chi connectivity index (χ0) is 8.27. The number of hydrogen-bond acceptors (Lipinski definition) is 1. The van der Waals surface area contributed by atoms with Gasteiger partial charge in [-0.3, -0.25) is 0 Å². The first kappa shape index (κ1) is 8.76. The summed E-state index contributed by atoms with van der Waals surface area (Å²) in [4.78, 5) is 10.8. The van der Waals surface area contributed by atoms with Crippen molar-refractivity contribution < 1.29 is 4.79 Å². The monoisotopic (exact) mass is 154 g/mol. The first-order valence-corrected chi connectivity index (χ1v) is 4.69. The predicted molar refractivity (Wildman–Crippen MR) is 46.4 cm³/mol. The second kappa shape index (κ2) is 3.89. The van der Waals surface area contributed by atoms with Gasteiger partial charge in [-0.2, -0.15) is 0 Å². The summed E-state index contributed by atoms with van der Waals surface area (Å²) < 4.78 is 0. The molecule has 1 fully saturated rings. The maximum absolute atomic E-state index is 10.8. The Morgan fingerprint density at radius 1 is 1.45 bits per heavy atom. The zero-order valence-corrected chi connectivity index (χ0v) is 7.60. The molecule has 1 heteroatoms. The highest BCUT2D eigenvalue weighted by Crippen LogP contribution is 2.32. The van der Waals surface area contributed by atoms with Gasteiger partial charge in [0.15, 0.2) is 0 Å². The molecule has 0 aliphatic heterocycles. The lowest BCUT2D eigenvalue weighted by Gasteiger charge is -2.16. The molecule has 0 amide bonds. The van der Waals surface area contributed by atoms with Crippen LogP contribution in [0.2, 0.25) is 0 Å². The van der Waals surface area contributed by atoms with E-state index in [-0.39, 0.29) is 0 Å². The molecule has 64 valence electrons. The molecular weight excluding hydrogens is 136 g/mol. The third kappa shape index (κ3) is 2.64. The molecule has 1 aliphatic carbocycles. The van der Waals surface area contributed by atoms with Gasteiger partial charge in [-0.05, 0) is 18.8 Å². The van der Waals surface area contributed by atoms with Gasteiger partial charge in [-0.15, -0.1) is 0 Å². The van der Waals surface area contributed by atoms with Crippen LogP contribution in [-0.4, -0.2) is 5.78 Å². The van der Waals surface area contributed by atoms with E-state index in [1.165, 1.54) is 25.7 Å². The quantitative estimate of drug-likeness (QED) is 0.611.